The molecule has 0 spiro atoms. The van der Waals surface area contributed by atoms with Gasteiger partial charge in [-0.25, -0.2) is 0 Å². The summed E-state index contributed by atoms with van der Waals surface area (Å²) < 4.78 is 4.80. The maximum Gasteiger partial charge on any atom is 0.162 e. The fourth-order valence-electron chi connectivity index (χ4n) is 0.607. The molecule has 0 fully saturated rings. The van der Waals surface area contributed by atoms with E-state index in [9.17, 15) is 5.11 Å². The quantitative estimate of drug-likeness (QED) is 0.588. The van der Waals surface area contributed by atoms with Crippen LogP contribution in [0.15, 0.2) is 0 Å². The van der Waals surface area contributed by atoms with Crippen molar-refractivity contribution in [3.8, 4) is 0 Å². The molecule has 0 aliphatic heterocycles. The SMILES string of the molecule is CCCCC(C)(O)OC. The second-order valence-corrected chi connectivity index (χ2v) is 2.48. The van der Waals surface area contributed by atoms with E-state index < -0.39 is 5.79 Å². The largest absolute Gasteiger partial charge is 0.366 e. The van der Waals surface area contributed by atoms with Crippen molar-refractivity contribution >= 4 is 0 Å². The maximum absolute atomic E-state index is 9.23. The zero-order valence-corrected chi connectivity index (χ0v) is 6.48. The van der Waals surface area contributed by atoms with Gasteiger partial charge in [-0.15, -0.1) is 0 Å². The Morgan fingerprint density at radius 2 is 2.11 bits per heavy atom. The molecule has 1 unspecified atom stereocenters. The highest BCUT2D eigenvalue weighted by Crippen LogP contribution is 2.12. The topological polar surface area (TPSA) is 29.5 Å². The van der Waals surface area contributed by atoms with Crippen molar-refractivity contribution in [1.82, 2.24) is 0 Å². The molecule has 0 heterocycles. The predicted octanol–water partition coefficient (Wildman–Crippen LogP) is 1.53. The molecule has 1 N–H and O–H groups in total. The number of methoxy groups -OCH3 is 1. The minimum atomic E-state index is -0.907. The third kappa shape index (κ3) is 4.43. The van der Waals surface area contributed by atoms with Crippen LogP contribution in [0.3, 0.4) is 0 Å². The Hall–Kier alpha value is -0.0800. The Labute approximate surface area is 56.8 Å². The van der Waals surface area contributed by atoms with Crippen molar-refractivity contribution in [3.63, 3.8) is 0 Å². The molecule has 0 rings (SSSR count). The lowest BCUT2D eigenvalue weighted by atomic mass is 10.1. The van der Waals surface area contributed by atoms with E-state index in [0.29, 0.717) is 0 Å². The molecule has 0 amide bonds. The zero-order valence-electron chi connectivity index (χ0n) is 6.48. The van der Waals surface area contributed by atoms with E-state index in [1.807, 2.05) is 0 Å². The van der Waals surface area contributed by atoms with Crippen molar-refractivity contribution in [2.24, 2.45) is 0 Å². The van der Waals surface area contributed by atoms with Crippen molar-refractivity contribution < 1.29 is 9.84 Å². The molecule has 0 saturated heterocycles. The summed E-state index contributed by atoms with van der Waals surface area (Å²) in [4.78, 5) is 0. The first-order chi connectivity index (χ1) is 4.12. The summed E-state index contributed by atoms with van der Waals surface area (Å²) in [7, 11) is 1.52. The van der Waals surface area contributed by atoms with Gasteiger partial charge in [0.2, 0.25) is 0 Å². The van der Waals surface area contributed by atoms with E-state index in [4.69, 9.17) is 4.74 Å². The van der Waals surface area contributed by atoms with Crippen LogP contribution in [0, 0.1) is 0 Å². The van der Waals surface area contributed by atoms with Gasteiger partial charge in [0.25, 0.3) is 0 Å². The monoisotopic (exact) mass is 132 g/mol. The first kappa shape index (κ1) is 8.92. The Bertz CT molecular complexity index is 69.3. The summed E-state index contributed by atoms with van der Waals surface area (Å²) in [6, 6.07) is 0. The van der Waals surface area contributed by atoms with Crippen LogP contribution in [-0.2, 0) is 4.74 Å². The number of hydrogen-bond acceptors (Lipinski definition) is 2. The summed E-state index contributed by atoms with van der Waals surface area (Å²) in [5, 5.41) is 9.23. The van der Waals surface area contributed by atoms with Crippen LogP contribution in [0.25, 0.3) is 0 Å². The summed E-state index contributed by atoms with van der Waals surface area (Å²) in [5.74, 6) is -0.907. The molecular weight excluding hydrogens is 116 g/mol. The Morgan fingerprint density at radius 1 is 1.56 bits per heavy atom. The van der Waals surface area contributed by atoms with Crippen molar-refractivity contribution in [3.05, 3.63) is 0 Å². The van der Waals surface area contributed by atoms with E-state index >= 15 is 0 Å². The molecule has 2 nitrogen and oxygen atoms in total. The molecule has 0 radical (unpaired) electrons. The number of unbranched alkanes of at least 4 members (excludes halogenated alkanes) is 1. The normalized spacial score (nSPS) is 17.3. The van der Waals surface area contributed by atoms with Crippen LogP contribution in [0.1, 0.15) is 33.1 Å². The maximum atomic E-state index is 9.23. The molecule has 0 saturated carbocycles. The number of hydrogen-bond donors (Lipinski definition) is 1. The average molecular weight is 132 g/mol. The summed E-state index contributed by atoms with van der Waals surface area (Å²) in [6.45, 7) is 3.77. The van der Waals surface area contributed by atoms with E-state index in [1.54, 1.807) is 6.92 Å². The smallest absolute Gasteiger partial charge is 0.162 e. The van der Waals surface area contributed by atoms with Gasteiger partial charge in [0, 0.05) is 13.5 Å². The minimum Gasteiger partial charge on any atom is -0.366 e. The van der Waals surface area contributed by atoms with E-state index in [1.165, 1.54) is 7.11 Å². The molecular formula is C7H16O2. The van der Waals surface area contributed by atoms with Gasteiger partial charge in [-0.2, -0.15) is 0 Å². The molecule has 2 heteroatoms. The van der Waals surface area contributed by atoms with Crippen molar-refractivity contribution in [1.29, 1.82) is 0 Å². The molecule has 0 aromatic rings. The molecule has 9 heavy (non-hydrogen) atoms. The van der Waals surface area contributed by atoms with Crippen LogP contribution in [0.4, 0.5) is 0 Å². The second-order valence-electron chi connectivity index (χ2n) is 2.48. The highest BCUT2D eigenvalue weighted by molar-refractivity contribution is 4.57. The fourth-order valence-corrected chi connectivity index (χ4v) is 0.607. The number of ether oxygens (including phenoxy) is 1. The van der Waals surface area contributed by atoms with Gasteiger partial charge in [-0.05, 0) is 13.3 Å². The lowest BCUT2D eigenvalue weighted by molar-refractivity contribution is -0.175. The van der Waals surface area contributed by atoms with Crippen LogP contribution < -0.4 is 0 Å². The van der Waals surface area contributed by atoms with Crippen molar-refractivity contribution in [2.45, 2.75) is 38.9 Å². The van der Waals surface area contributed by atoms with Crippen LogP contribution in [-0.4, -0.2) is 18.0 Å². The average Bonchev–Trinajstić information content (AvgIpc) is 1.84. The predicted molar refractivity (Wildman–Crippen MR) is 37.2 cm³/mol. The molecule has 0 aliphatic rings. The minimum absolute atomic E-state index is 0.722. The van der Waals surface area contributed by atoms with Gasteiger partial charge in [-0.1, -0.05) is 13.3 Å². The third-order valence-corrected chi connectivity index (χ3v) is 1.43. The fraction of sp³-hybridized carbons (Fsp3) is 1.00. The van der Waals surface area contributed by atoms with Gasteiger partial charge in [0.05, 0.1) is 0 Å². The zero-order chi connectivity index (χ0) is 7.33. The third-order valence-electron chi connectivity index (χ3n) is 1.43. The Balaban J connectivity index is 3.33. The standard InChI is InChI=1S/C7H16O2/c1-4-5-6-7(2,8)9-3/h8H,4-6H2,1-3H3. The van der Waals surface area contributed by atoms with Crippen molar-refractivity contribution in [2.75, 3.05) is 7.11 Å². The van der Waals surface area contributed by atoms with Gasteiger partial charge in [-0.3, -0.25) is 0 Å². The van der Waals surface area contributed by atoms with E-state index in [0.717, 1.165) is 19.3 Å². The van der Waals surface area contributed by atoms with Gasteiger partial charge in [0.15, 0.2) is 5.79 Å². The molecule has 0 aromatic heterocycles. The van der Waals surface area contributed by atoms with Crippen LogP contribution in [0.2, 0.25) is 0 Å². The lowest BCUT2D eigenvalue weighted by Crippen LogP contribution is -2.25. The van der Waals surface area contributed by atoms with Crippen LogP contribution in [0.5, 0.6) is 0 Å². The molecule has 56 valence electrons. The Kier molecular flexibility index (Phi) is 3.82. The number of aliphatic hydroxyl groups is 1. The van der Waals surface area contributed by atoms with Crippen LogP contribution >= 0.6 is 0 Å². The molecule has 1 atom stereocenters. The summed E-state index contributed by atoms with van der Waals surface area (Å²) in [5.41, 5.74) is 0. The second kappa shape index (κ2) is 3.85. The molecule has 0 bridgehead atoms. The molecule has 0 aliphatic carbocycles. The first-order valence-corrected chi connectivity index (χ1v) is 3.40. The first-order valence-electron chi connectivity index (χ1n) is 3.40. The van der Waals surface area contributed by atoms with Gasteiger partial charge in [0.1, 0.15) is 0 Å². The van der Waals surface area contributed by atoms with Gasteiger partial charge < -0.3 is 9.84 Å². The summed E-state index contributed by atoms with van der Waals surface area (Å²) >= 11 is 0. The van der Waals surface area contributed by atoms with Gasteiger partial charge >= 0.3 is 0 Å². The molecule has 0 aromatic carbocycles. The summed E-state index contributed by atoms with van der Waals surface area (Å²) in [6.07, 6.45) is 2.83. The lowest BCUT2D eigenvalue weighted by Gasteiger charge is -2.20. The highest BCUT2D eigenvalue weighted by Gasteiger charge is 2.16. The highest BCUT2D eigenvalue weighted by atomic mass is 16.6. The number of rotatable bonds is 4. The van der Waals surface area contributed by atoms with E-state index in [-0.39, 0.29) is 0 Å². The Morgan fingerprint density at radius 3 is 2.44 bits per heavy atom. The van der Waals surface area contributed by atoms with E-state index in [2.05, 4.69) is 6.92 Å².